The second-order valence-corrected chi connectivity index (χ2v) is 0.519. The van der Waals surface area contributed by atoms with Crippen molar-refractivity contribution in [2.45, 2.75) is 6.92 Å². The van der Waals surface area contributed by atoms with E-state index in [1.807, 2.05) is 0 Å². The monoisotopic (exact) mass is 334 g/mol. The number of carbonyl (C=O) groups is 1. The topological polar surface area (TPSA) is 37.3 Å². The molecule has 0 rings (SSSR count). The standard InChI is InChI=1S/C2H4O2.Pb.Zn.2H/c1-2(3)4;;;;/h1H3,(H,3,4);;;;. The summed E-state index contributed by atoms with van der Waals surface area (Å²) in [7, 11) is 0. The molecular formula is C2H6O2PbZn. The Labute approximate surface area is 69.2 Å². The molecule has 0 aliphatic heterocycles. The van der Waals surface area contributed by atoms with E-state index in [1.54, 1.807) is 0 Å². The molecule has 2 nitrogen and oxygen atoms in total. The van der Waals surface area contributed by atoms with Crippen LogP contribution >= 0.6 is 0 Å². The van der Waals surface area contributed by atoms with E-state index in [1.165, 1.54) is 0 Å². The molecule has 1 N–H and O–H groups in total. The van der Waals surface area contributed by atoms with Crippen molar-refractivity contribution >= 4 is 33.3 Å². The molecule has 0 aliphatic carbocycles. The minimum atomic E-state index is -0.833. The van der Waals surface area contributed by atoms with Crippen LogP contribution in [-0.2, 0) is 24.3 Å². The fourth-order valence-electron chi connectivity index (χ4n) is 0. The van der Waals surface area contributed by atoms with Crippen LogP contribution in [0, 0.1) is 0 Å². The number of aliphatic carboxylic acids is 1. The molecule has 0 spiro atoms. The minimum absolute atomic E-state index is 0. The Morgan fingerprint density at radius 3 is 1.67 bits per heavy atom. The molecule has 0 heterocycles. The van der Waals surface area contributed by atoms with Crippen LogP contribution < -0.4 is 0 Å². The normalized spacial score (nSPS) is 4.17. The van der Waals surface area contributed by atoms with Crippen LogP contribution in [0.15, 0.2) is 0 Å². The molecule has 0 fully saturated rings. The van der Waals surface area contributed by atoms with E-state index in [-0.39, 0.29) is 46.8 Å². The fraction of sp³-hybridized carbons (Fsp3) is 0.500. The van der Waals surface area contributed by atoms with E-state index in [0.29, 0.717) is 0 Å². The minimum Gasteiger partial charge on any atom is 0 e. The van der Waals surface area contributed by atoms with Crippen molar-refractivity contribution in [1.29, 1.82) is 0 Å². The fourth-order valence-corrected chi connectivity index (χ4v) is 0. The summed E-state index contributed by atoms with van der Waals surface area (Å²) in [6.45, 7) is 1.08. The number of carboxylic acids is 1. The molecule has 4 heteroatoms. The summed E-state index contributed by atoms with van der Waals surface area (Å²) < 4.78 is 0. The van der Waals surface area contributed by atoms with Crippen LogP contribution in [0.25, 0.3) is 0 Å². The van der Waals surface area contributed by atoms with Crippen LogP contribution in [0.1, 0.15) is 6.92 Å². The summed E-state index contributed by atoms with van der Waals surface area (Å²) in [5.41, 5.74) is 0. The van der Waals surface area contributed by atoms with Gasteiger partial charge in [0.15, 0.2) is 0 Å². The largest absolute Gasteiger partial charge is 0 e. The first-order valence-corrected chi connectivity index (χ1v) is 0.928. The molecule has 2 radical (unpaired) electrons. The first kappa shape index (κ1) is 15.7. The molecule has 0 aromatic rings. The van der Waals surface area contributed by atoms with Gasteiger partial charge in [0, 0.05) is 26.4 Å². The van der Waals surface area contributed by atoms with Gasteiger partial charge in [0.1, 0.15) is 0 Å². The van der Waals surface area contributed by atoms with Gasteiger partial charge in [-0.3, -0.25) is 4.79 Å². The Morgan fingerprint density at radius 2 is 1.67 bits per heavy atom. The summed E-state index contributed by atoms with van der Waals surface area (Å²) in [6, 6.07) is 0. The van der Waals surface area contributed by atoms with E-state index in [2.05, 4.69) is 0 Å². The van der Waals surface area contributed by atoms with E-state index >= 15 is 0 Å². The zero-order chi connectivity index (χ0) is 3.58. The third kappa shape index (κ3) is 78.4. The SMILES string of the molecule is CC(=O)O.[PbH2].[Zn]. The molecular weight excluding hydrogens is 329 g/mol. The van der Waals surface area contributed by atoms with Gasteiger partial charge in [0.25, 0.3) is 5.97 Å². The molecule has 0 saturated heterocycles. The van der Waals surface area contributed by atoms with Gasteiger partial charge in [-0.2, -0.15) is 0 Å². The van der Waals surface area contributed by atoms with Gasteiger partial charge >= 0.3 is 27.3 Å². The number of rotatable bonds is 0. The van der Waals surface area contributed by atoms with E-state index in [4.69, 9.17) is 9.90 Å². The molecule has 0 bridgehead atoms. The Balaban J connectivity index is -0.0000000450. The molecule has 0 aromatic heterocycles. The summed E-state index contributed by atoms with van der Waals surface area (Å²) >= 11 is 0. The van der Waals surface area contributed by atoms with Crippen LogP contribution in [0.2, 0.25) is 0 Å². The molecule has 0 saturated carbocycles. The van der Waals surface area contributed by atoms with Gasteiger partial charge in [-0.25, -0.2) is 0 Å². The molecule has 32 valence electrons. The molecule has 6 heavy (non-hydrogen) atoms. The molecule has 0 aromatic carbocycles. The maximum atomic E-state index is 9.00. The van der Waals surface area contributed by atoms with Gasteiger partial charge < -0.3 is 5.11 Å². The Kier molecular flexibility index (Phi) is 24.6. The zero-order valence-electron chi connectivity index (χ0n) is 3.77. The smallest absolute Gasteiger partial charge is 0 e. The quantitative estimate of drug-likeness (QED) is 0.587. The van der Waals surface area contributed by atoms with Gasteiger partial charge in [-0.15, -0.1) is 0 Å². The summed E-state index contributed by atoms with van der Waals surface area (Å²) in [5, 5.41) is 7.42. The number of carboxylic acid groups (broad SMARTS) is 1. The second-order valence-electron chi connectivity index (χ2n) is 0.519. The summed E-state index contributed by atoms with van der Waals surface area (Å²) in [4.78, 5) is 9.00. The Morgan fingerprint density at radius 1 is 1.67 bits per heavy atom. The summed E-state index contributed by atoms with van der Waals surface area (Å²) in [6.07, 6.45) is 0. The van der Waals surface area contributed by atoms with Crippen LogP contribution in [-0.4, -0.2) is 38.4 Å². The number of hydrogen-bond acceptors (Lipinski definition) is 1. The predicted octanol–water partition coefficient (Wildman–Crippen LogP) is -0.828. The molecule has 0 atom stereocenters. The third-order valence-electron chi connectivity index (χ3n) is 0. The van der Waals surface area contributed by atoms with Crippen molar-refractivity contribution in [3.63, 3.8) is 0 Å². The zero-order valence-corrected chi connectivity index (χ0v) is 12.2. The van der Waals surface area contributed by atoms with Crippen molar-refractivity contribution in [1.82, 2.24) is 0 Å². The Bertz CT molecular complexity index is 34.5. The van der Waals surface area contributed by atoms with Crippen LogP contribution in [0.5, 0.6) is 0 Å². The van der Waals surface area contributed by atoms with Gasteiger partial charge in [0.2, 0.25) is 0 Å². The van der Waals surface area contributed by atoms with Gasteiger partial charge in [-0.05, 0) is 0 Å². The third-order valence-corrected chi connectivity index (χ3v) is 0. The van der Waals surface area contributed by atoms with E-state index < -0.39 is 5.97 Å². The van der Waals surface area contributed by atoms with Crippen LogP contribution in [0.4, 0.5) is 0 Å². The maximum absolute atomic E-state index is 9.00. The second kappa shape index (κ2) is 9.38. The van der Waals surface area contributed by atoms with E-state index in [0.717, 1.165) is 6.92 Å². The average Bonchev–Trinajstić information content (AvgIpc) is 0.811. The van der Waals surface area contributed by atoms with Gasteiger partial charge in [-0.1, -0.05) is 0 Å². The average molecular weight is 335 g/mol. The number of hydrogen-bond donors (Lipinski definition) is 1. The van der Waals surface area contributed by atoms with Crippen LogP contribution in [0.3, 0.4) is 0 Å². The molecule has 0 aliphatic rings. The first-order valence-electron chi connectivity index (χ1n) is 0.928. The Hall–Kier alpha value is 1.02. The van der Waals surface area contributed by atoms with Crippen molar-refractivity contribution in [2.75, 3.05) is 0 Å². The molecule has 0 amide bonds. The van der Waals surface area contributed by atoms with Crippen molar-refractivity contribution in [2.24, 2.45) is 0 Å². The first-order chi connectivity index (χ1) is 1.73. The van der Waals surface area contributed by atoms with Crippen molar-refractivity contribution in [3.05, 3.63) is 0 Å². The van der Waals surface area contributed by atoms with E-state index in [9.17, 15) is 0 Å². The summed E-state index contributed by atoms with van der Waals surface area (Å²) in [5.74, 6) is -0.833. The predicted molar refractivity (Wildman–Crippen MR) is 21.9 cm³/mol. The molecule has 0 unspecified atom stereocenters. The van der Waals surface area contributed by atoms with Gasteiger partial charge in [0.05, 0.1) is 0 Å². The van der Waals surface area contributed by atoms with Crippen molar-refractivity contribution < 1.29 is 29.4 Å². The maximum Gasteiger partial charge on any atom is 0 e. The van der Waals surface area contributed by atoms with Crippen molar-refractivity contribution in [3.8, 4) is 0 Å².